The maximum Gasteiger partial charge on any atom is 0.252 e. The van der Waals surface area contributed by atoms with Gasteiger partial charge in [0.25, 0.3) is 11.8 Å². The van der Waals surface area contributed by atoms with Crippen LogP contribution in [0.3, 0.4) is 0 Å². The van der Waals surface area contributed by atoms with Crippen LogP contribution < -0.4 is 10.6 Å². The fourth-order valence-corrected chi connectivity index (χ4v) is 3.01. The third-order valence-corrected chi connectivity index (χ3v) is 4.47. The molecule has 4 nitrogen and oxygen atoms in total. The van der Waals surface area contributed by atoms with Gasteiger partial charge in [0.15, 0.2) is 0 Å². The highest BCUT2D eigenvalue weighted by atomic mass is 35.5. The van der Waals surface area contributed by atoms with E-state index in [9.17, 15) is 9.59 Å². The minimum Gasteiger partial charge on any atom is -0.350 e. The van der Waals surface area contributed by atoms with Crippen molar-refractivity contribution in [1.29, 1.82) is 0 Å². The van der Waals surface area contributed by atoms with Crippen LogP contribution in [0.25, 0.3) is 10.8 Å². The zero-order chi connectivity index (χ0) is 18.5. The molecule has 2 N–H and O–H groups in total. The third-order valence-electron chi connectivity index (χ3n) is 3.90. The van der Waals surface area contributed by atoms with Crippen molar-refractivity contribution in [1.82, 2.24) is 10.6 Å². The number of carbonyl (C=O) groups is 2. The first-order valence-electron chi connectivity index (χ1n) is 8.05. The minimum absolute atomic E-state index is 0.183. The number of benzene rings is 3. The van der Waals surface area contributed by atoms with Crippen LogP contribution in [-0.4, -0.2) is 24.9 Å². The number of fused-ring (bicyclic) bond motifs is 1. The van der Waals surface area contributed by atoms with E-state index in [4.69, 9.17) is 23.2 Å². The SMILES string of the molecule is O=C(NCCNC(=O)c1cccc2ccccc12)c1cc(Cl)ccc1Cl. The normalized spacial score (nSPS) is 10.5. The summed E-state index contributed by atoms with van der Waals surface area (Å²) in [5.74, 6) is -0.520. The minimum atomic E-state index is -0.336. The molecule has 3 aromatic carbocycles. The van der Waals surface area contributed by atoms with Crippen LogP contribution >= 0.6 is 23.2 Å². The summed E-state index contributed by atoms with van der Waals surface area (Å²) in [6, 6.07) is 18.0. The lowest BCUT2D eigenvalue weighted by atomic mass is 10.0. The molecule has 0 aliphatic rings. The van der Waals surface area contributed by atoms with Crippen LogP contribution in [0.4, 0.5) is 0 Å². The number of carbonyl (C=O) groups excluding carboxylic acids is 2. The second kappa shape index (κ2) is 8.21. The van der Waals surface area contributed by atoms with Crippen molar-refractivity contribution in [3.05, 3.63) is 81.8 Å². The molecule has 0 aliphatic heterocycles. The van der Waals surface area contributed by atoms with Crippen LogP contribution in [0, 0.1) is 0 Å². The second-order valence-electron chi connectivity index (χ2n) is 5.66. The molecular weight excluding hydrogens is 371 g/mol. The molecule has 0 spiro atoms. The predicted molar refractivity (Wildman–Crippen MR) is 105 cm³/mol. The van der Waals surface area contributed by atoms with E-state index < -0.39 is 0 Å². The van der Waals surface area contributed by atoms with Gasteiger partial charge in [-0.2, -0.15) is 0 Å². The van der Waals surface area contributed by atoms with Crippen molar-refractivity contribution < 1.29 is 9.59 Å². The lowest BCUT2D eigenvalue weighted by molar-refractivity contribution is 0.0928. The van der Waals surface area contributed by atoms with Crippen LogP contribution in [0.15, 0.2) is 60.7 Å². The van der Waals surface area contributed by atoms with Gasteiger partial charge in [-0.3, -0.25) is 9.59 Å². The van der Waals surface area contributed by atoms with E-state index >= 15 is 0 Å². The average Bonchev–Trinajstić information content (AvgIpc) is 2.66. The van der Waals surface area contributed by atoms with E-state index in [-0.39, 0.29) is 18.4 Å². The zero-order valence-electron chi connectivity index (χ0n) is 13.8. The molecule has 0 aromatic heterocycles. The molecule has 0 bridgehead atoms. The first-order chi connectivity index (χ1) is 12.6. The summed E-state index contributed by atoms with van der Waals surface area (Å²) in [5, 5.41) is 8.18. The van der Waals surface area contributed by atoms with Crippen molar-refractivity contribution in [2.75, 3.05) is 13.1 Å². The van der Waals surface area contributed by atoms with Gasteiger partial charge < -0.3 is 10.6 Å². The molecule has 0 aliphatic carbocycles. The van der Waals surface area contributed by atoms with Gasteiger partial charge in [-0.05, 0) is 35.0 Å². The van der Waals surface area contributed by atoms with E-state index in [0.29, 0.717) is 27.7 Å². The number of hydrogen-bond acceptors (Lipinski definition) is 2. The Balaban J connectivity index is 1.57. The average molecular weight is 387 g/mol. The van der Waals surface area contributed by atoms with Gasteiger partial charge >= 0.3 is 0 Å². The lowest BCUT2D eigenvalue weighted by Gasteiger charge is -2.10. The number of nitrogens with one attached hydrogen (secondary N) is 2. The van der Waals surface area contributed by atoms with Crippen molar-refractivity contribution in [3.63, 3.8) is 0 Å². The highest BCUT2D eigenvalue weighted by Gasteiger charge is 2.12. The Labute approximate surface area is 161 Å². The van der Waals surface area contributed by atoms with Gasteiger partial charge in [0.1, 0.15) is 0 Å². The molecule has 0 fully saturated rings. The summed E-state index contributed by atoms with van der Waals surface area (Å²) >= 11 is 11.9. The van der Waals surface area contributed by atoms with E-state index in [1.165, 1.54) is 6.07 Å². The highest BCUT2D eigenvalue weighted by Crippen LogP contribution is 2.20. The summed E-state index contributed by atoms with van der Waals surface area (Å²) in [7, 11) is 0. The Morgan fingerprint density at radius 3 is 2.19 bits per heavy atom. The smallest absolute Gasteiger partial charge is 0.252 e. The summed E-state index contributed by atoms with van der Waals surface area (Å²) < 4.78 is 0. The van der Waals surface area contributed by atoms with E-state index in [2.05, 4.69) is 10.6 Å². The lowest BCUT2D eigenvalue weighted by Crippen LogP contribution is -2.34. The van der Waals surface area contributed by atoms with Gasteiger partial charge in [0.05, 0.1) is 10.6 Å². The fraction of sp³-hybridized carbons (Fsp3) is 0.100. The maximum absolute atomic E-state index is 12.4. The largest absolute Gasteiger partial charge is 0.350 e. The molecular formula is C20H16Cl2N2O2. The Morgan fingerprint density at radius 2 is 1.42 bits per heavy atom. The van der Waals surface area contributed by atoms with Gasteiger partial charge in [-0.15, -0.1) is 0 Å². The van der Waals surface area contributed by atoms with Crippen molar-refractivity contribution in [2.45, 2.75) is 0 Å². The topological polar surface area (TPSA) is 58.2 Å². The number of hydrogen-bond donors (Lipinski definition) is 2. The molecule has 0 radical (unpaired) electrons. The molecule has 2 amide bonds. The first-order valence-corrected chi connectivity index (χ1v) is 8.81. The molecule has 0 saturated heterocycles. The van der Waals surface area contributed by atoms with Gasteiger partial charge in [0, 0.05) is 23.7 Å². The van der Waals surface area contributed by atoms with Gasteiger partial charge in [-0.25, -0.2) is 0 Å². The van der Waals surface area contributed by atoms with Crippen molar-refractivity contribution >= 4 is 45.8 Å². The Hall–Kier alpha value is -2.56. The monoisotopic (exact) mass is 386 g/mol. The molecule has 6 heteroatoms. The summed E-state index contributed by atoms with van der Waals surface area (Å²) in [6.07, 6.45) is 0. The molecule has 3 rings (SSSR count). The second-order valence-corrected chi connectivity index (χ2v) is 6.51. The Kier molecular flexibility index (Phi) is 5.76. The van der Waals surface area contributed by atoms with Gasteiger partial charge in [-0.1, -0.05) is 59.6 Å². The van der Waals surface area contributed by atoms with Crippen LogP contribution in [0.2, 0.25) is 10.0 Å². The predicted octanol–water partition coefficient (Wildman–Crippen LogP) is 4.31. The van der Waals surface area contributed by atoms with Crippen LogP contribution in [0.1, 0.15) is 20.7 Å². The molecule has 0 unspecified atom stereocenters. The van der Waals surface area contributed by atoms with Crippen LogP contribution in [-0.2, 0) is 0 Å². The van der Waals surface area contributed by atoms with E-state index in [1.54, 1.807) is 18.2 Å². The summed E-state index contributed by atoms with van der Waals surface area (Å²) in [4.78, 5) is 24.6. The molecule has 0 atom stereocenters. The van der Waals surface area contributed by atoms with E-state index in [1.807, 2.05) is 36.4 Å². The highest BCUT2D eigenvalue weighted by molar-refractivity contribution is 6.35. The zero-order valence-corrected chi connectivity index (χ0v) is 15.3. The number of amides is 2. The van der Waals surface area contributed by atoms with Crippen molar-refractivity contribution in [2.24, 2.45) is 0 Å². The Bertz CT molecular complexity index is 968. The summed E-state index contributed by atoms with van der Waals surface area (Å²) in [6.45, 7) is 0.574. The first kappa shape index (κ1) is 18.2. The maximum atomic E-state index is 12.4. The fourth-order valence-electron chi connectivity index (χ4n) is 2.64. The quantitative estimate of drug-likeness (QED) is 0.641. The van der Waals surface area contributed by atoms with Gasteiger partial charge in [0.2, 0.25) is 0 Å². The molecule has 132 valence electrons. The summed E-state index contributed by atoms with van der Waals surface area (Å²) in [5.41, 5.74) is 0.909. The van der Waals surface area contributed by atoms with Crippen LogP contribution in [0.5, 0.6) is 0 Å². The molecule has 0 saturated carbocycles. The number of halogens is 2. The standard InChI is InChI=1S/C20H16Cl2N2O2/c21-14-8-9-18(22)17(12-14)20(26)24-11-10-23-19(25)16-7-3-5-13-4-1-2-6-15(13)16/h1-9,12H,10-11H2,(H,23,25)(H,24,26). The van der Waals surface area contributed by atoms with E-state index in [0.717, 1.165) is 10.8 Å². The third kappa shape index (κ3) is 4.15. The molecule has 26 heavy (non-hydrogen) atoms. The molecule has 0 heterocycles. The van der Waals surface area contributed by atoms with Crippen molar-refractivity contribution in [3.8, 4) is 0 Å². The number of rotatable bonds is 5. The Morgan fingerprint density at radius 1 is 0.769 bits per heavy atom. The molecule has 3 aromatic rings.